The molecule has 0 atom stereocenters. The van der Waals surface area contributed by atoms with Gasteiger partial charge in [-0.05, 0) is 0 Å². The number of hydrogen-bond donors (Lipinski definition) is 1. The summed E-state index contributed by atoms with van der Waals surface area (Å²) in [5.74, 6) is 0.285. The van der Waals surface area contributed by atoms with Gasteiger partial charge in [0, 0.05) is 26.1 Å². The standard InChI is InChI=1S/C7H13NO3/c1-11-5-6-2-8(3-6)7(10)4-9/h6,9H,2-5H2,1H3. The van der Waals surface area contributed by atoms with Crippen LogP contribution in [0.5, 0.6) is 0 Å². The number of rotatable bonds is 3. The third kappa shape index (κ3) is 1.91. The van der Waals surface area contributed by atoms with Gasteiger partial charge in [0.25, 0.3) is 0 Å². The predicted molar refractivity (Wildman–Crippen MR) is 39.0 cm³/mol. The number of likely N-dealkylation sites (tertiary alicyclic amines) is 1. The number of amides is 1. The molecule has 1 rings (SSSR count). The minimum Gasteiger partial charge on any atom is -0.387 e. The number of ether oxygens (including phenoxy) is 1. The number of methoxy groups -OCH3 is 1. The fourth-order valence-corrected chi connectivity index (χ4v) is 1.21. The zero-order valence-electron chi connectivity index (χ0n) is 6.62. The number of aliphatic hydroxyl groups excluding tert-OH is 1. The maximum atomic E-state index is 10.8. The molecule has 0 unspecified atom stereocenters. The van der Waals surface area contributed by atoms with Gasteiger partial charge < -0.3 is 14.7 Å². The molecule has 0 aromatic rings. The molecule has 4 nitrogen and oxygen atoms in total. The van der Waals surface area contributed by atoms with Crippen molar-refractivity contribution in [2.75, 3.05) is 33.4 Å². The predicted octanol–water partition coefficient (Wildman–Crippen LogP) is -0.917. The van der Waals surface area contributed by atoms with Gasteiger partial charge in [-0.2, -0.15) is 0 Å². The lowest BCUT2D eigenvalue weighted by Crippen LogP contribution is -2.52. The number of carbonyl (C=O) groups excluding carboxylic acids is 1. The molecule has 0 aromatic carbocycles. The Kier molecular flexibility index (Phi) is 2.84. The highest BCUT2D eigenvalue weighted by atomic mass is 16.5. The molecule has 0 spiro atoms. The first kappa shape index (κ1) is 8.49. The van der Waals surface area contributed by atoms with Gasteiger partial charge in [0.1, 0.15) is 6.61 Å². The van der Waals surface area contributed by atoms with E-state index in [0.717, 1.165) is 13.1 Å². The van der Waals surface area contributed by atoms with Crippen LogP contribution in [0.3, 0.4) is 0 Å². The smallest absolute Gasteiger partial charge is 0.248 e. The Hall–Kier alpha value is -0.610. The Morgan fingerprint density at radius 3 is 2.82 bits per heavy atom. The molecule has 1 N–H and O–H groups in total. The van der Waals surface area contributed by atoms with Crippen LogP contribution in [0.4, 0.5) is 0 Å². The van der Waals surface area contributed by atoms with Crippen LogP contribution in [-0.2, 0) is 9.53 Å². The average Bonchev–Trinajstić information content (AvgIpc) is 1.94. The summed E-state index contributed by atoms with van der Waals surface area (Å²) in [4.78, 5) is 12.4. The van der Waals surface area contributed by atoms with Crippen LogP contribution < -0.4 is 0 Å². The molecule has 0 aromatic heterocycles. The van der Waals surface area contributed by atoms with E-state index in [0.29, 0.717) is 12.5 Å². The van der Waals surface area contributed by atoms with Crippen molar-refractivity contribution in [1.82, 2.24) is 4.90 Å². The lowest BCUT2D eigenvalue weighted by Gasteiger charge is -2.38. The minimum atomic E-state index is -0.375. The summed E-state index contributed by atoms with van der Waals surface area (Å²) in [6.45, 7) is 1.79. The average molecular weight is 159 g/mol. The van der Waals surface area contributed by atoms with Gasteiger partial charge in [0.15, 0.2) is 0 Å². The number of nitrogens with zero attached hydrogens (tertiary/aromatic N) is 1. The van der Waals surface area contributed by atoms with Crippen molar-refractivity contribution in [3.05, 3.63) is 0 Å². The third-order valence-electron chi connectivity index (χ3n) is 1.85. The monoisotopic (exact) mass is 159 g/mol. The summed E-state index contributed by atoms with van der Waals surface area (Å²) in [7, 11) is 1.65. The van der Waals surface area contributed by atoms with Crippen molar-refractivity contribution in [3.63, 3.8) is 0 Å². The lowest BCUT2D eigenvalue weighted by molar-refractivity contribution is -0.141. The van der Waals surface area contributed by atoms with E-state index >= 15 is 0 Å². The molecule has 1 heterocycles. The molecule has 1 aliphatic heterocycles. The molecule has 1 fully saturated rings. The summed E-state index contributed by atoms with van der Waals surface area (Å²) in [5, 5.41) is 8.46. The van der Waals surface area contributed by atoms with Gasteiger partial charge in [0.05, 0.1) is 6.61 Å². The highest BCUT2D eigenvalue weighted by Crippen LogP contribution is 2.14. The van der Waals surface area contributed by atoms with Gasteiger partial charge in [-0.15, -0.1) is 0 Å². The van der Waals surface area contributed by atoms with Crippen LogP contribution in [-0.4, -0.2) is 49.3 Å². The zero-order chi connectivity index (χ0) is 8.27. The van der Waals surface area contributed by atoms with Crippen LogP contribution in [0.25, 0.3) is 0 Å². The third-order valence-corrected chi connectivity index (χ3v) is 1.85. The minimum absolute atomic E-state index is 0.183. The fraction of sp³-hybridized carbons (Fsp3) is 0.857. The molecule has 1 aliphatic rings. The van der Waals surface area contributed by atoms with E-state index in [-0.39, 0.29) is 12.5 Å². The first-order valence-corrected chi connectivity index (χ1v) is 3.65. The molecule has 11 heavy (non-hydrogen) atoms. The molecule has 0 saturated carbocycles. The van der Waals surface area contributed by atoms with Gasteiger partial charge in [-0.1, -0.05) is 0 Å². The van der Waals surface area contributed by atoms with E-state index in [9.17, 15) is 4.79 Å². The van der Waals surface area contributed by atoms with Crippen LogP contribution in [0, 0.1) is 5.92 Å². The SMILES string of the molecule is COCC1CN(C(=O)CO)C1. The second-order valence-electron chi connectivity index (χ2n) is 2.78. The van der Waals surface area contributed by atoms with Gasteiger partial charge in [0.2, 0.25) is 5.91 Å². The normalized spacial score (nSPS) is 18.2. The van der Waals surface area contributed by atoms with Crippen LogP contribution >= 0.6 is 0 Å². The summed E-state index contributed by atoms with van der Waals surface area (Å²) >= 11 is 0. The maximum absolute atomic E-state index is 10.8. The Bertz CT molecular complexity index is 143. The first-order chi connectivity index (χ1) is 5.27. The summed E-state index contributed by atoms with van der Waals surface area (Å²) in [6.07, 6.45) is 0. The van der Waals surface area contributed by atoms with E-state index in [1.54, 1.807) is 12.0 Å². The van der Waals surface area contributed by atoms with E-state index in [2.05, 4.69) is 0 Å². The molecule has 0 bridgehead atoms. The zero-order valence-corrected chi connectivity index (χ0v) is 6.62. The number of hydrogen-bond acceptors (Lipinski definition) is 3. The highest BCUT2D eigenvalue weighted by Gasteiger charge is 2.29. The topological polar surface area (TPSA) is 49.8 Å². The van der Waals surface area contributed by atoms with Gasteiger partial charge >= 0.3 is 0 Å². The second kappa shape index (κ2) is 3.69. The lowest BCUT2D eigenvalue weighted by atomic mass is 10.0. The molecule has 64 valence electrons. The molecular weight excluding hydrogens is 146 g/mol. The molecule has 0 radical (unpaired) electrons. The summed E-state index contributed by atoms with van der Waals surface area (Å²) in [6, 6.07) is 0. The molecule has 0 aliphatic carbocycles. The second-order valence-corrected chi connectivity index (χ2v) is 2.78. The van der Waals surface area contributed by atoms with Crippen molar-refractivity contribution in [3.8, 4) is 0 Å². The van der Waals surface area contributed by atoms with E-state index < -0.39 is 0 Å². The fourth-order valence-electron chi connectivity index (χ4n) is 1.21. The van der Waals surface area contributed by atoms with Crippen molar-refractivity contribution < 1.29 is 14.6 Å². The molecule has 4 heteroatoms. The number of carbonyl (C=O) groups is 1. The van der Waals surface area contributed by atoms with E-state index in [1.807, 2.05) is 0 Å². The molecular formula is C7H13NO3. The molecule has 1 saturated heterocycles. The Labute approximate surface area is 65.8 Å². The largest absolute Gasteiger partial charge is 0.387 e. The summed E-state index contributed by atoms with van der Waals surface area (Å²) < 4.78 is 4.91. The van der Waals surface area contributed by atoms with Gasteiger partial charge in [-0.25, -0.2) is 0 Å². The quantitative estimate of drug-likeness (QED) is 0.579. The van der Waals surface area contributed by atoms with Crippen molar-refractivity contribution in [1.29, 1.82) is 0 Å². The van der Waals surface area contributed by atoms with Crippen molar-refractivity contribution in [2.45, 2.75) is 0 Å². The van der Waals surface area contributed by atoms with Crippen LogP contribution in [0.1, 0.15) is 0 Å². The van der Waals surface area contributed by atoms with Crippen LogP contribution in [0.2, 0.25) is 0 Å². The molecule has 1 amide bonds. The maximum Gasteiger partial charge on any atom is 0.248 e. The number of aliphatic hydroxyl groups is 1. The van der Waals surface area contributed by atoms with Crippen molar-refractivity contribution >= 4 is 5.91 Å². The van der Waals surface area contributed by atoms with E-state index in [4.69, 9.17) is 9.84 Å². The van der Waals surface area contributed by atoms with Crippen LogP contribution in [0.15, 0.2) is 0 Å². The summed E-state index contributed by atoms with van der Waals surface area (Å²) in [5.41, 5.74) is 0. The van der Waals surface area contributed by atoms with E-state index in [1.165, 1.54) is 0 Å². The Balaban J connectivity index is 2.13. The van der Waals surface area contributed by atoms with Crippen molar-refractivity contribution in [2.24, 2.45) is 5.92 Å². The van der Waals surface area contributed by atoms with Gasteiger partial charge in [-0.3, -0.25) is 4.79 Å². The Morgan fingerprint density at radius 2 is 2.36 bits per heavy atom. The first-order valence-electron chi connectivity index (χ1n) is 3.65. The Morgan fingerprint density at radius 1 is 1.73 bits per heavy atom. The highest BCUT2D eigenvalue weighted by molar-refractivity contribution is 5.77.